The minimum atomic E-state index is -2.44. The van der Waals surface area contributed by atoms with Crippen LogP contribution in [0.15, 0.2) is 0 Å². The standard InChI is InChI=1S/C12H27FSi/c1-10(2)7-14(13,8-11(3)4)9-12(5)6/h10-12H,7-9H2,1-6H3. The fraction of sp³-hybridized carbons (Fsp3) is 1.00. The first kappa shape index (κ1) is 14.1. The summed E-state index contributed by atoms with van der Waals surface area (Å²) in [6, 6.07) is 2.55. The molecule has 0 heterocycles. The normalized spacial score (nSPS) is 13.3. The predicted molar refractivity (Wildman–Crippen MR) is 65.8 cm³/mol. The molecule has 0 atom stereocenters. The fourth-order valence-corrected chi connectivity index (χ4v) is 7.33. The quantitative estimate of drug-likeness (QED) is 0.441. The van der Waals surface area contributed by atoms with Crippen LogP contribution in [0, 0.1) is 17.8 Å². The Morgan fingerprint density at radius 1 is 0.714 bits per heavy atom. The summed E-state index contributed by atoms with van der Waals surface area (Å²) >= 11 is 0. The van der Waals surface area contributed by atoms with Gasteiger partial charge < -0.3 is 4.11 Å². The van der Waals surface area contributed by atoms with Crippen LogP contribution < -0.4 is 0 Å². The smallest absolute Gasteiger partial charge is 0.247 e. The highest BCUT2D eigenvalue weighted by molar-refractivity contribution is 6.73. The van der Waals surface area contributed by atoms with Gasteiger partial charge in [-0.2, -0.15) is 0 Å². The second-order valence-electron chi connectivity index (χ2n) is 5.94. The minimum Gasteiger partial charge on any atom is -0.314 e. The van der Waals surface area contributed by atoms with E-state index in [-0.39, 0.29) is 0 Å². The number of hydrogen-bond donors (Lipinski definition) is 0. The van der Waals surface area contributed by atoms with E-state index >= 15 is 0 Å². The Hall–Kier alpha value is 0.147. The Kier molecular flexibility index (Phi) is 5.95. The predicted octanol–water partition coefficient (Wildman–Crippen LogP) is 4.87. The molecule has 86 valence electrons. The molecule has 0 nitrogen and oxygen atoms in total. The summed E-state index contributed by atoms with van der Waals surface area (Å²) in [7, 11) is -2.44. The minimum absolute atomic E-state index is 0.518. The molecule has 14 heavy (non-hydrogen) atoms. The van der Waals surface area contributed by atoms with Crippen LogP contribution in [-0.2, 0) is 0 Å². The largest absolute Gasteiger partial charge is 0.314 e. The van der Waals surface area contributed by atoms with Crippen molar-refractivity contribution in [2.24, 2.45) is 17.8 Å². The first-order chi connectivity index (χ1) is 6.25. The van der Waals surface area contributed by atoms with Crippen LogP contribution in [0.2, 0.25) is 18.1 Å². The van der Waals surface area contributed by atoms with Crippen LogP contribution in [0.4, 0.5) is 4.11 Å². The summed E-state index contributed by atoms with van der Waals surface area (Å²) in [6.07, 6.45) is 0. The van der Waals surface area contributed by atoms with Gasteiger partial charge in [0, 0.05) is 0 Å². The van der Waals surface area contributed by atoms with E-state index in [0.29, 0.717) is 17.8 Å². The molecule has 0 aliphatic carbocycles. The number of hydrogen-bond acceptors (Lipinski definition) is 0. The third-order valence-corrected chi connectivity index (χ3v) is 6.97. The zero-order valence-electron chi connectivity index (χ0n) is 10.7. The molecule has 0 spiro atoms. The topological polar surface area (TPSA) is 0 Å². The lowest BCUT2D eigenvalue weighted by atomic mass is 10.3. The average Bonchev–Trinajstić information content (AvgIpc) is 1.76. The van der Waals surface area contributed by atoms with Crippen molar-refractivity contribution in [3.63, 3.8) is 0 Å². The summed E-state index contributed by atoms with van der Waals surface area (Å²) < 4.78 is 14.7. The molecular weight excluding hydrogens is 191 g/mol. The summed E-state index contributed by atoms with van der Waals surface area (Å²) in [6.45, 7) is 12.8. The van der Waals surface area contributed by atoms with Gasteiger partial charge in [0.2, 0.25) is 8.41 Å². The molecule has 0 aromatic rings. The highest BCUT2D eigenvalue weighted by Crippen LogP contribution is 2.32. The van der Waals surface area contributed by atoms with Gasteiger partial charge in [-0.25, -0.2) is 0 Å². The van der Waals surface area contributed by atoms with Crippen molar-refractivity contribution in [3.05, 3.63) is 0 Å². The zero-order valence-corrected chi connectivity index (χ0v) is 11.7. The first-order valence-corrected chi connectivity index (χ1v) is 8.44. The molecule has 0 saturated carbocycles. The molecule has 0 fully saturated rings. The van der Waals surface area contributed by atoms with Gasteiger partial charge in [0.25, 0.3) is 0 Å². The molecule has 0 aromatic carbocycles. The van der Waals surface area contributed by atoms with E-state index in [9.17, 15) is 4.11 Å². The summed E-state index contributed by atoms with van der Waals surface area (Å²) in [5.74, 6) is 1.55. The molecule has 0 radical (unpaired) electrons. The van der Waals surface area contributed by atoms with Gasteiger partial charge in [0.05, 0.1) is 0 Å². The number of rotatable bonds is 6. The average molecular weight is 218 g/mol. The van der Waals surface area contributed by atoms with Crippen molar-refractivity contribution in [1.82, 2.24) is 0 Å². The Balaban J connectivity index is 4.32. The summed E-state index contributed by atoms with van der Waals surface area (Å²) in [5.41, 5.74) is 0. The van der Waals surface area contributed by atoms with Gasteiger partial charge in [0.15, 0.2) is 0 Å². The third kappa shape index (κ3) is 6.58. The lowest BCUT2D eigenvalue weighted by molar-refractivity contribution is 0.575. The SMILES string of the molecule is CC(C)C[Si](F)(CC(C)C)CC(C)C. The van der Waals surface area contributed by atoms with Crippen LogP contribution in [0.1, 0.15) is 41.5 Å². The van der Waals surface area contributed by atoms with Crippen LogP contribution in [0.25, 0.3) is 0 Å². The van der Waals surface area contributed by atoms with Gasteiger partial charge in [-0.15, -0.1) is 0 Å². The second kappa shape index (κ2) is 5.89. The van der Waals surface area contributed by atoms with E-state index < -0.39 is 8.41 Å². The van der Waals surface area contributed by atoms with Gasteiger partial charge >= 0.3 is 0 Å². The maximum absolute atomic E-state index is 14.7. The summed E-state index contributed by atoms with van der Waals surface area (Å²) in [5, 5.41) is 0. The lowest BCUT2D eigenvalue weighted by Gasteiger charge is -2.27. The number of halogens is 1. The highest BCUT2D eigenvalue weighted by atomic mass is 28.4. The van der Waals surface area contributed by atoms with E-state index in [1.807, 2.05) is 0 Å². The molecule has 0 bridgehead atoms. The molecule has 0 amide bonds. The molecular formula is C12H27FSi. The van der Waals surface area contributed by atoms with Crippen molar-refractivity contribution >= 4 is 8.41 Å². The van der Waals surface area contributed by atoms with Crippen molar-refractivity contribution in [3.8, 4) is 0 Å². The van der Waals surface area contributed by atoms with Gasteiger partial charge in [-0.1, -0.05) is 41.5 Å². The highest BCUT2D eigenvalue weighted by Gasteiger charge is 2.36. The molecule has 0 aromatic heterocycles. The Morgan fingerprint density at radius 3 is 1.07 bits per heavy atom. The Morgan fingerprint density at radius 2 is 0.929 bits per heavy atom. The van der Waals surface area contributed by atoms with Gasteiger partial charge in [0.1, 0.15) is 0 Å². The third-order valence-electron chi connectivity index (χ3n) is 2.32. The van der Waals surface area contributed by atoms with Gasteiger partial charge in [-0.05, 0) is 35.9 Å². The van der Waals surface area contributed by atoms with Crippen molar-refractivity contribution in [1.29, 1.82) is 0 Å². The van der Waals surface area contributed by atoms with Crippen LogP contribution in [-0.4, -0.2) is 8.41 Å². The van der Waals surface area contributed by atoms with Crippen LogP contribution in [0.3, 0.4) is 0 Å². The van der Waals surface area contributed by atoms with E-state index in [1.54, 1.807) is 0 Å². The maximum atomic E-state index is 14.7. The molecule has 0 aliphatic rings. The Bertz CT molecular complexity index is 126. The molecule has 0 rings (SSSR count). The molecule has 0 N–H and O–H groups in total. The first-order valence-electron chi connectivity index (χ1n) is 5.94. The zero-order chi connectivity index (χ0) is 11.4. The monoisotopic (exact) mass is 218 g/mol. The maximum Gasteiger partial charge on any atom is 0.247 e. The molecule has 0 saturated heterocycles. The molecule has 0 unspecified atom stereocenters. The van der Waals surface area contributed by atoms with E-state index in [4.69, 9.17) is 0 Å². The lowest BCUT2D eigenvalue weighted by Crippen LogP contribution is -2.33. The van der Waals surface area contributed by atoms with E-state index in [1.165, 1.54) is 0 Å². The van der Waals surface area contributed by atoms with Crippen LogP contribution >= 0.6 is 0 Å². The van der Waals surface area contributed by atoms with Crippen molar-refractivity contribution in [2.45, 2.75) is 59.7 Å². The fourth-order valence-electron chi connectivity index (χ4n) is 2.44. The van der Waals surface area contributed by atoms with Crippen LogP contribution in [0.5, 0.6) is 0 Å². The second-order valence-corrected chi connectivity index (χ2v) is 9.47. The van der Waals surface area contributed by atoms with Gasteiger partial charge in [-0.3, -0.25) is 0 Å². The van der Waals surface area contributed by atoms with Crippen molar-refractivity contribution in [2.75, 3.05) is 0 Å². The van der Waals surface area contributed by atoms with E-state index in [2.05, 4.69) is 41.5 Å². The molecule has 0 aliphatic heterocycles. The van der Waals surface area contributed by atoms with Crippen molar-refractivity contribution < 1.29 is 4.11 Å². The van der Waals surface area contributed by atoms with E-state index in [0.717, 1.165) is 18.1 Å². The Labute approximate surface area is 90.5 Å². The molecule has 2 heteroatoms. The summed E-state index contributed by atoms with van der Waals surface area (Å²) in [4.78, 5) is 0.